The molecule has 1 aliphatic rings. The van der Waals surface area contributed by atoms with E-state index in [1.54, 1.807) is 6.08 Å². The van der Waals surface area contributed by atoms with Gasteiger partial charge < -0.3 is 5.11 Å². The zero-order valence-corrected chi connectivity index (χ0v) is 16.4. The predicted octanol–water partition coefficient (Wildman–Crippen LogP) is 5.06. The van der Waals surface area contributed by atoms with Gasteiger partial charge in [-0.1, -0.05) is 43.5 Å². The lowest BCUT2D eigenvalue weighted by Gasteiger charge is -2.14. The molecule has 0 saturated heterocycles. The number of hydrogen-bond donors (Lipinski definition) is 1. The number of carbonyl (C=O) groups excluding carboxylic acids is 2. The van der Waals surface area contributed by atoms with E-state index in [0.29, 0.717) is 18.6 Å². The molecular weight excluding hydrogens is 340 g/mol. The molecule has 0 amide bonds. The first-order chi connectivity index (χ1) is 12.9. The van der Waals surface area contributed by atoms with E-state index in [9.17, 15) is 14.4 Å². The Labute approximate surface area is 161 Å². The monoisotopic (exact) mass is 370 g/mol. The zero-order valence-electron chi connectivity index (χ0n) is 16.4. The summed E-state index contributed by atoms with van der Waals surface area (Å²) in [5.41, 5.74) is 2.84. The first kappa shape index (κ1) is 21.1. The van der Waals surface area contributed by atoms with Gasteiger partial charge in [0.15, 0.2) is 5.78 Å². The Kier molecular flexibility index (Phi) is 7.96. The number of Topliss-reactive ketones (excluding diaryl/α,β-unsaturated/α-hetero) is 1. The summed E-state index contributed by atoms with van der Waals surface area (Å²) in [5.74, 6) is -0.297. The van der Waals surface area contributed by atoms with Crippen molar-refractivity contribution >= 4 is 17.5 Å². The number of aliphatic carboxylic acids is 1. The Balaban J connectivity index is 1.87. The SMILES string of the molecule is Cc1cccc(C(=O)C=CC2CCC(=O)C2CCCCCCC(=O)O)c1C. The lowest BCUT2D eigenvalue weighted by Crippen LogP contribution is -2.13. The summed E-state index contributed by atoms with van der Waals surface area (Å²) >= 11 is 0. The van der Waals surface area contributed by atoms with Gasteiger partial charge in [0.1, 0.15) is 5.78 Å². The quantitative estimate of drug-likeness (QED) is 0.355. The molecule has 146 valence electrons. The summed E-state index contributed by atoms with van der Waals surface area (Å²) < 4.78 is 0. The molecule has 1 N–H and O–H groups in total. The van der Waals surface area contributed by atoms with E-state index in [1.807, 2.05) is 38.1 Å². The average Bonchev–Trinajstić information content (AvgIpc) is 2.98. The van der Waals surface area contributed by atoms with E-state index in [-0.39, 0.29) is 24.0 Å². The highest BCUT2D eigenvalue weighted by Crippen LogP contribution is 2.34. The fourth-order valence-corrected chi connectivity index (χ4v) is 3.85. The maximum absolute atomic E-state index is 12.5. The molecule has 0 radical (unpaired) electrons. The third-order valence-electron chi connectivity index (χ3n) is 5.68. The van der Waals surface area contributed by atoms with E-state index in [2.05, 4.69) is 0 Å². The molecule has 1 aromatic rings. The predicted molar refractivity (Wildman–Crippen MR) is 106 cm³/mol. The number of allylic oxidation sites excluding steroid dienone is 2. The molecular formula is C23H30O4. The molecule has 2 unspecified atom stereocenters. The first-order valence-electron chi connectivity index (χ1n) is 9.93. The molecule has 0 heterocycles. The fourth-order valence-electron chi connectivity index (χ4n) is 3.85. The van der Waals surface area contributed by atoms with Crippen LogP contribution in [0.5, 0.6) is 0 Å². The summed E-state index contributed by atoms with van der Waals surface area (Å²) in [4.78, 5) is 35.3. The lowest BCUT2D eigenvalue weighted by molar-refractivity contribution is -0.137. The van der Waals surface area contributed by atoms with Crippen molar-refractivity contribution in [3.8, 4) is 0 Å². The molecule has 1 aliphatic carbocycles. The van der Waals surface area contributed by atoms with Gasteiger partial charge >= 0.3 is 5.97 Å². The molecule has 2 atom stereocenters. The minimum Gasteiger partial charge on any atom is -0.481 e. The number of carboxylic acid groups (broad SMARTS) is 1. The van der Waals surface area contributed by atoms with Crippen LogP contribution in [0.4, 0.5) is 0 Å². The van der Waals surface area contributed by atoms with Crippen LogP contribution >= 0.6 is 0 Å². The Morgan fingerprint density at radius 1 is 1.15 bits per heavy atom. The number of carboxylic acids is 1. The highest BCUT2D eigenvalue weighted by molar-refractivity contribution is 6.05. The molecule has 1 aromatic carbocycles. The third-order valence-corrected chi connectivity index (χ3v) is 5.68. The van der Waals surface area contributed by atoms with E-state index in [1.165, 1.54) is 0 Å². The summed E-state index contributed by atoms with van der Waals surface area (Å²) in [6.45, 7) is 3.96. The Bertz CT molecular complexity index is 717. The molecule has 1 saturated carbocycles. The molecule has 0 aliphatic heterocycles. The molecule has 0 spiro atoms. The van der Waals surface area contributed by atoms with Crippen LogP contribution in [0.15, 0.2) is 30.4 Å². The van der Waals surface area contributed by atoms with Crippen molar-refractivity contribution < 1.29 is 19.5 Å². The van der Waals surface area contributed by atoms with E-state index < -0.39 is 5.97 Å². The summed E-state index contributed by atoms with van der Waals surface area (Å²) in [7, 11) is 0. The molecule has 0 aromatic heterocycles. The zero-order chi connectivity index (χ0) is 19.8. The smallest absolute Gasteiger partial charge is 0.303 e. The molecule has 2 rings (SSSR count). The number of carbonyl (C=O) groups is 3. The Morgan fingerprint density at radius 3 is 2.63 bits per heavy atom. The van der Waals surface area contributed by atoms with Gasteiger partial charge in [-0.15, -0.1) is 0 Å². The number of benzene rings is 1. The van der Waals surface area contributed by atoms with Crippen LogP contribution in [0.25, 0.3) is 0 Å². The summed E-state index contributed by atoms with van der Waals surface area (Å²) in [6, 6.07) is 5.75. The Morgan fingerprint density at radius 2 is 1.89 bits per heavy atom. The van der Waals surface area contributed by atoms with Crippen LogP contribution in [-0.4, -0.2) is 22.6 Å². The molecule has 1 fully saturated rings. The number of ketones is 2. The van der Waals surface area contributed by atoms with Crippen LogP contribution in [0, 0.1) is 25.7 Å². The minimum absolute atomic E-state index is 0.00275. The number of rotatable bonds is 10. The number of aryl methyl sites for hydroxylation is 1. The second kappa shape index (κ2) is 10.2. The van der Waals surface area contributed by atoms with Gasteiger partial charge in [0.05, 0.1) is 0 Å². The van der Waals surface area contributed by atoms with Crippen molar-refractivity contribution in [1.82, 2.24) is 0 Å². The van der Waals surface area contributed by atoms with Crippen molar-refractivity contribution in [2.75, 3.05) is 0 Å². The van der Waals surface area contributed by atoms with Gasteiger partial charge in [0.2, 0.25) is 0 Å². The standard InChI is InChI=1S/C23H30O4/c1-16-8-7-10-19(17(16)2)21(24)14-12-18-13-15-22(25)20(18)9-5-3-4-6-11-23(26)27/h7-8,10,12,14,18,20H,3-6,9,11,13,15H2,1-2H3,(H,26,27). The molecule has 4 heteroatoms. The molecule has 4 nitrogen and oxygen atoms in total. The topological polar surface area (TPSA) is 71.4 Å². The van der Waals surface area contributed by atoms with Crippen molar-refractivity contribution in [3.63, 3.8) is 0 Å². The first-order valence-corrected chi connectivity index (χ1v) is 9.93. The van der Waals surface area contributed by atoms with Crippen molar-refractivity contribution in [3.05, 3.63) is 47.0 Å². The maximum Gasteiger partial charge on any atom is 0.303 e. The van der Waals surface area contributed by atoms with Gasteiger partial charge in [-0.2, -0.15) is 0 Å². The van der Waals surface area contributed by atoms with E-state index in [0.717, 1.165) is 48.8 Å². The van der Waals surface area contributed by atoms with Crippen LogP contribution < -0.4 is 0 Å². The molecule has 0 bridgehead atoms. The maximum atomic E-state index is 12.5. The summed E-state index contributed by atoms with van der Waals surface area (Å²) in [5, 5.41) is 8.65. The Hall–Kier alpha value is -2.23. The normalized spacial score (nSPS) is 19.7. The van der Waals surface area contributed by atoms with Gasteiger partial charge in [0, 0.05) is 24.3 Å². The third kappa shape index (κ3) is 6.16. The average molecular weight is 370 g/mol. The van der Waals surface area contributed by atoms with Crippen LogP contribution in [0.3, 0.4) is 0 Å². The van der Waals surface area contributed by atoms with Crippen molar-refractivity contribution in [2.45, 2.75) is 65.2 Å². The van der Waals surface area contributed by atoms with Crippen molar-refractivity contribution in [1.29, 1.82) is 0 Å². The highest BCUT2D eigenvalue weighted by atomic mass is 16.4. The van der Waals surface area contributed by atoms with Gasteiger partial charge in [-0.25, -0.2) is 0 Å². The number of hydrogen-bond acceptors (Lipinski definition) is 3. The van der Waals surface area contributed by atoms with E-state index in [4.69, 9.17) is 5.11 Å². The van der Waals surface area contributed by atoms with Crippen LogP contribution in [0.1, 0.15) is 72.9 Å². The summed E-state index contributed by atoms with van der Waals surface area (Å²) in [6.07, 6.45) is 9.51. The number of unbranched alkanes of at least 4 members (excludes halogenated alkanes) is 3. The van der Waals surface area contributed by atoms with Gasteiger partial charge in [-0.3, -0.25) is 14.4 Å². The second-order valence-electron chi connectivity index (χ2n) is 7.59. The van der Waals surface area contributed by atoms with Gasteiger partial charge in [0.25, 0.3) is 0 Å². The minimum atomic E-state index is -0.750. The van der Waals surface area contributed by atoms with Crippen LogP contribution in [0.2, 0.25) is 0 Å². The van der Waals surface area contributed by atoms with Crippen molar-refractivity contribution in [2.24, 2.45) is 11.8 Å². The highest BCUT2D eigenvalue weighted by Gasteiger charge is 2.32. The van der Waals surface area contributed by atoms with Crippen LogP contribution in [-0.2, 0) is 9.59 Å². The largest absolute Gasteiger partial charge is 0.481 e. The lowest BCUT2D eigenvalue weighted by atomic mass is 9.89. The van der Waals surface area contributed by atoms with E-state index >= 15 is 0 Å². The van der Waals surface area contributed by atoms with Gasteiger partial charge in [-0.05, 0) is 56.2 Å². The molecule has 27 heavy (non-hydrogen) atoms. The second-order valence-corrected chi connectivity index (χ2v) is 7.59. The fraction of sp³-hybridized carbons (Fsp3) is 0.522.